The summed E-state index contributed by atoms with van der Waals surface area (Å²) in [5, 5.41) is 0. The molecular formula is C35H57N2O2+. The summed E-state index contributed by atoms with van der Waals surface area (Å²) >= 11 is 0. The van der Waals surface area contributed by atoms with Gasteiger partial charge in [0.1, 0.15) is 12.8 Å². The van der Waals surface area contributed by atoms with Crippen LogP contribution in [0.25, 0.3) is 0 Å². The lowest BCUT2D eigenvalue weighted by Crippen LogP contribution is -2.31. The first-order chi connectivity index (χ1) is 18.7. The minimum absolute atomic E-state index is 0.0393. The van der Waals surface area contributed by atoms with E-state index >= 15 is 0 Å². The topological polar surface area (TPSA) is 33.4 Å². The summed E-state index contributed by atoms with van der Waals surface area (Å²) in [7, 11) is 2.00. The molecular weight excluding hydrogens is 480 g/mol. The summed E-state index contributed by atoms with van der Waals surface area (Å²) in [5.41, 5.74) is 3.09. The molecule has 218 valence electrons. The number of carbonyl (C=O) groups is 1. The highest BCUT2D eigenvalue weighted by Gasteiger charge is 2.22. The van der Waals surface area contributed by atoms with Gasteiger partial charge in [0.2, 0.25) is 5.91 Å². The van der Waals surface area contributed by atoms with Gasteiger partial charge in [0.05, 0.1) is 13.2 Å². The fourth-order valence-corrected chi connectivity index (χ4v) is 5.19. The van der Waals surface area contributed by atoms with E-state index in [4.69, 9.17) is 4.74 Å². The Morgan fingerprint density at radius 1 is 0.846 bits per heavy atom. The molecule has 0 aliphatic carbocycles. The number of aryl methyl sites for hydroxylation is 1. The highest BCUT2D eigenvalue weighted by Crippen LogP contribution is 2.35. The normalized spacial score (nSPS) is 11.5. The van der Waals surface area contributed by atoms with E-state index < -0.39 is 0 Å². The number of hydrogen-bond donors (Lipinski definition) is 0. The van der Waals surface area contributed by atoms with Gasteiger partial charge in [0, 0.05) is 29.8 Å². The third kappa shape index (κ3) is 13.0. The van der Waals surface area contributed by atoms with Crippen LogP contribution in [0.3, 0.4) is 0 Å². The minimum atomic E-state index is -0.0809. The van der Waals surface area contributed by atoms with Crippen LogP contribution in [0, 0.1) is 0 Å². The molecule has 0 aliphatic rings. The van der Waals surface area contributed by atoms with E-state index in [1.807, 2.05) is 34.8 Å². The van der Waals surface area contributed by atoms with Crippen molar-refractivity contribution in [2.45, 2.75) is 136 Å². The van der Waals surface area contributed by atoms with Crippen LogP contribution >= 0.6 is 0 Å². The maximum atomic E-state index is 12.6. The summed E-state index contributed by atoms with van der Waals surface area (Å²) < 4.78 is 8.31. The summed E-state index contributed by atoms with van der Waals surface area (Å²) in [6.07, 6.45) is 23.1. The van der Waals surface area contributed by atoms with Gasteiger partial charge in [0.25, 0.3) is 0 Å². The van der Waals surface area contributed by atoms with E-state index in [-0.39, 0.29) is 11.3 Å². The Hall–Kier alpha value is -2.36. The number of anilines is 1. The molecule has 0 unspecified atom stereocenters. The van der Waals surface area contributed by atoms with E-state index in [9.17, 15) is 4.79 Å². The molecule has 1 aromatic heterocycles. The third-order valence-corrected chi connectivity index (χ3v) is 7.56. The lowest BCUT2D eigenvalue weighted by molar-refractivity contribution is -0.671. The lowest BCUT2D eigenvalue weighted by Gasteiger charge is -2.27. The molecule has 39 heavy (non-hydrogen) atoms. The summed E-state index contributed by atoms with van der Waals surface area (Å²) in [4.78, 5) is 14.4. The van der Waals surface area contributed by atoms with Crippen molar-refractivity contribution in [3.05, 3.63) is 53.9 Å². The van der Waals surface area contributed by atoms with Crippen molar-refractivity contribution in [3.8, 4) is 5.75 Å². The Balaban J connectivity index is 1.76. The highest BCUT2D eigenvalue weighted by molar-refractivity contribution is 5.91. The number of ether oxygens (including phenoxy) is 1. The van der Waals surface area contributed by atoms with Crippen LogP contribution in [-0.4, -0.2) is 12.5 Å². The van der Waals surface area contributed by atoms with E-state index in [1.165, 1.54) is 83.5 Å². The van der Waals surface area contributed by atoms with Crippen molar-refractivity contribution in [1.82, 2.24) is 0 Å². The van der Waals surface area contributed by atoms with Crippen molar-refractivity contribution < 1.29 is 14.1 Å². The quantitative estimate of drug-likeness (QED) is 0.132. The number of nitrogens with zero attached hydrogens (tertiary/aromatic N) is 2. The van der Waals surface area contributed by atoms with Crippen molar-refractivity contribution in [2.24, 2.45) is 7.05 Å². The summed E-state index contributed by atoms with van der Waals surface area (Å²) in [5.74, 6) is 0.980. The molecule has 0 saturated heterocycles. The molecule has 1 amide bonds. The molecule has 0 fully saturated rings. The minimum Gasteiger partial charge on any atom is -0.493 e. The largest absolute Gasteiger partial charge is 0.493 e. The van der Waals surface area contributed by atoms with Crippen molar-refractivity contribution >= 4 is 11.6 Å². The van der Waals surface area contributed by atoms with E-state index in [0.717, 1.165) is 35.6 Å². The zero-order chi connectivity index (χ0) is 28.5. The number of hydrogen-bond acceptors (Lipinski definition) is 2. The molecule has 1 aromatic carbocycles. The van der Waals surface area contributed by atoms with Gasteiger partial charge >= 0.3 is 0 Å². The maximum absolute atomic E-state index is 12.6. The van der Waals surface area contributed by atoms with Crippen LogP contribution in [0.2, 0.25) is 0 Å². The number of rotatable bonds is 19. The van der Waals surface area contributed by atoms with Crippen molar-refractivity contribution in [2.75, 3.05) is 11.5 Å². The van der Waals surface area contributed by atoms with Crippen LogP contribution in [-0.2, 0) is 23.8 Å². The number of pyridine rings is 1. The van der Waals surface area contributed by atoms with Gasteiger partial charge in [-0.1, -0.05) is 111 Å². The zero-order valence-corrected chi connectivity index (χ0v) is 26.1. The van der Waals surface area contributed by atoms with Gasteiger partial charge in [-0.15, -0.1) is 0 Å². The fourth-order valence-electron chi connectivity index (χ4n) is 5.19. The second-order valence-electron chi connectivity index (χ2n) is 12.4. The Bertz CT molecular complexity index is 963. The fraction of sp³-hybridized carbons (Fsp3) is 0.657. The monoisotopic (exact) mass is 537 g/mol. The predicted molar refractivity (Wildman–Crippen MR) is 165 cm³/mol. The van der Waals surface area contributed by atoms with Crippen LogP contribution in [0.1, 0.15) is 136 Å². The molecule has 0 spiro atoms. The average molecular weight is 538 g/mol. The average Bonchev–Trinajstić information content (AvgIpc) is 2.89. The summed E-state index contributed by atoms with van der Waals surface area (Å²) in [6, 6.07) is 10.3. The molecule has 0 N–H and O–H groups in total. The number of amides is 1. The number of aromatic nitrogens is 1. The van der Waals surface area contributed by atoms with Crippen molar-refractivity contribution in [1.29, 1.82) is 0 Å². The molecule has 0 radical (unpaired) electrons. The Kier molecular flexibility index (Phi) is 15.2. The van der Waals surface area contributed by atoms with Crippen LogP contribution in [0.5, 0.6) is 5.75 Å². The zero-order valence-electron chi connectivity index (χ0n) is 26.1. The first-order valence-corrected chi connectivity index (χ1v) is 15.7. The number of unbranched alkanes of at least 4 members (excludes halogenated alkanes) is 13. The lowest BCUT2D eigenvalue weighted by atomic mass is 9.86. The molecule has 2 aromatic rings. The van der Waals surface area contributed by atoms with Gasteiger partial charge in [-0.05, 0) is 36.1 Å². The molecule has 0 aliphatic heterocycles. The van der Waals surface area contributed by atoms with Crippen LogP contribution in [0.15, 0.2) is 42.7 Å². The third-order valence-electron chi connectivity index (χ3n) is 7.56. The SMILES string of the molecule is CCCCCCCCCCCCCCCCOc1ccc(N(Cc2ccc[n+](C)c2)C(C)=O)cc1C(C)(C)C. The Labute approximate surface area is 240 Å². The predicted octanol–water partition coefficient (Wildman–Crippen LogP) is 9.22. The Morgan fingerprint density at radius 2 is 1.41 bits per heavy atom. The first kappa shape index (κ1) is 32.8. The molecule has 4 nitrogen and oxygen atoms in total. The smallest absolute Gasteiger partial charge is 0.224 e. The second-order valence-corrected chi connectivity index (χ2v) is 12.4. The molecule has 2 rings (SSSR count). The van der Waals surface area contributed by atoms with Gasteiger partial charge < -0.3 is 9.64 Å². The van der Waals surface area contributed by atoms with Gasteiger partial charge in [-0.3, -0.25) is 4.79 Å². The molecule has 0 saturated carbocycles. The van der Waals surface area contributed by atoms with E-state index in [1.54, 1.807) is 6.92 Å². The van der Waals surface area contributed by atoms with Crippen LogP contribution < -0.4 is 14.2 Å². The summed E-state index contributed by atoms with van der Waals surface area (Å²) in [6.45, 7) is 11.8. The number of carbonyl (C=O) groups excluding carboxylic acids is 1. The highest BCUT2D eigenvalue weighted by atomic mass is 16.5. The van der Waals surface area contributed by atoms with Gasteiger partial charge in [-0.25, -0.2) is 4.57 Å². The van der Waals surface area contributed by atoms with Gasteiger partial charge in [0.15, 0.2) is 12.4 Å². The van der Waals surface area contributed by atoms with Gasteiger partial charge in [-0.2, -0.15) is 0 Å². The molecule has 4 heteroatoms. The van der Waals surface area contributed by atoms with E-state index in [0.29, 0.717) is 6.54 Å². The molecule has 0 atom stereocenters. The standard InChI is InChI=1S/C35H57N2O2/c1-7-8-9-10-11-12-13-14-15-16-17-18-19-20-26-39-34-24-23-32(27-33(34)35(3,4)5)37(30(2)38)29-31-22-21-25-36(6)28-31/h21-25,27-28H,7-20,26,29H2,1-6H3/q+1. The maximum Gasteiger partial charge on any atom is 0.224 e. The van der Waals surface area contributed by atoms with E-state index in [2.05, 4.69) is 52.1 Å². The second kappa shape index (κ2) is 18.1. The van der Waals surface area contributed by atoms with Crippen molar-refractivity contribution in [3.63, 3.8) is 0 Å². The Morgan fingerprint density at radius 3 is 1.92 bits per heavy atom. The molecule has 1 heterocycles. The number of benzene rings is 1. The molecule has 0 bridgehead atoms. The first-order valence-electron chi connectivity index (χ1n) is 15.7. The van der Waals surface area contributed by atoms with Crippen LogP contribution in [0.4, 0.5) is 5.69 Å².